The number of phenols is 1. The van der Waals surface area contributed by atoms with Crippen molar-refractivity contribution in [2.45, 2.75) is 6.92 Å². The van der Waals surface area contributed by atoms with Crippen LogP contribution in [0.3, 0.4) is 0 Å². The van der Waals surface area contributed by atoms with Gasteiger partial charge in [-0.15, -0.1) is 11.3 Å². The van der Waals surface area contributed by atoms with Gasteiger partial charge in [0.1, 0.15) is 17.2 Å². The third-order valence-electron chi connectivity index (χ3n) is 2.81. The maximum atomic E-state index is 9.92. The van der Waals surface area contributed by atoms with E-state index in [-0.39, 0.29) is 5.75 Å². The molecule has 5 heteroatoms. The van der Waals surface area contributed by atoms with Gasteiger partial charge >= 0.3 is 0 Å². The normalized spacial score (nSPS) is 11.0. The fourth-order valence-corrected chi connectivity index (χ4v) is 3.34. The average molecular weight is 277 g/mol. The first-order valence-electron chi connectivity index (χ1n) is 5.36. The summed E-state index contributed by atoms with van der Waals surface area (Å²) >= 11 is 7.57. The highest BCUT2D eigenvalue weighted by molar-refractivity contribution is 7.23. The first-order chi connectivity index (χ1) is 8.68. The smallest absolute Gasteiger partial charge is 0.150 e. The van der Waals surface area contributed by atoms with Crippen LogP contribution in [0.15, 0.2) is 30.6 Å². The Morgan fingerprint density at radius 2 is 2.00 bits per heavy atom. The van der Waals surface area contributed by atoms with Crippen LogP contribution in [0, 0.1) is 6.92 Å². The number of benzene rings is 1. The van der Waals surface area contributed by atoms with Crippen molar-refractivity contribution in [3.8, 4) is 16.2 Å². The van der Waals surface area contributed by atoms with E-state index in [0.717, 1.165) is 26.2 Å². The van der Waals surface area contributed by atoms with Crippen molar-refractivity contribution in [2.24, 2.45) is 0 Å². The number of thiophene rings is 1. The molecule has 0 atom stereocenters. The molecule has 0 unspecified atom stereocenters. The molecule has 0 radical (unpaired) electrons. The molecule has 0 spiro atoms. The lowest BCUT2D eigenvalue weighted by Gasteiger charge is -2.02. The minimum absolute atomic E-state index is 0.260. The van der Waals surface area contributed by atoms with E-state index in [1.54, 1.807) is 12.1 Å². The maximum Gasteiger partial charge on any atom is 0.150 e. The minimum Gasteiger partial charge on any atom is -0.507 e. The SMILES string of the molecule is Cc1c(-c2ccccc2O)sc2c(Cl)ncnc12. The zero-order valence-corrected chi connectivity index (χ0v) is 11.1. The molecule has 0 saturated heterocycles. The van der Waals surface area contributed by atoms with E-state index in [1.165, 1.54) is 17.7 Å². The molecule has 0 aliphatic rings. The van der Waals surface area contributed by atoms with Gasteiger partial charge in [-0.1, -0.05) is 23.7 Å². The van der Waals surface area contributed by atoms with Gasteiger partial charge in [-0.05, 0) is 24.6 Å². The number of phenolic OH excluding ortho intramolecular Hbond substituents is 1. The van der Waals surface area contributed by atoms with E-state index in [2.05, 4.69) is 9.97 Å². The van der Waals surface area contributed by atoms with Crippen molar-refractivity contribution >= 4 is 33.2 Å². The summed E-state index contributed by atoms with van der Waals surface area (Å²) in [5.74, 6) is 0.260. The predicted octanol–water partition coefficient (Wildman–Crippen LogP) is 4.03. The molecule has 90 valence electrons. The second-order valence-corrected chi connectivity index (χ2v) is 5.29. The standard InChI is InChI=1S/C13H9ClN2OS/c1-7-10-12(13(14)16-6-15-10)18-11(7)8-4-2-3-5-9(8)17/h2-6,17H,1H3. The number of rotatable bonds is 1. The van der Waals surface area contributed by atoms with Crippen LogP contribution < -0.4 is 0 Å². The van der Waals surface area contributed by atoms with E-state index in [0.29, 0.717) is 5.15 Å². The van der Waals surface area contributed by atoms with Gasteiger partial charge < -0.3 is 5.11 Å². The highest BCUT2D eigenvalue weighted by atomic mass is 35.5. The van der Waals surface area contributed by atoms with E-state index in [4.69, 9.17) is 11.6 Å². The lowest BCUT2D eigenvalue weighted by Crippen LogP contribution is -1.81. The largest absolute Gasteiger partial charge is 0.507 e. The summed E-state index contributed by atoms with van der Waals surface area (Å²) in [6.07, 6.45) is 1.46. The second kappa shape index (κ2) is 4.23. The van der Waals surface area contributed by atoms with Crippen molar-refractivity contribution < 1.29 is 5.11 Å². The second-order valence-electron chi connectivity index (χ2n) is 3.92. The summed E-state index contributed by atoms with van der Waals surface area (Å²) in [6, 6.07) is 7.25. The van der Waals surface area contributed by atoms with Gasteiger partial charge in [0.25, 0.3) is 0 Å². The van der Waals surface area contributed by atoms with Crippen molar-refractivity contribution in [1.82, 2.24) is 9.97 Å². The summed E-state index contributed by atoms with van der Waals surface area (Å²) < 4.78 is 0.856. The molecule has 0 aliphatic heterocycles. The molecule has 3 rings (SSSR count). The molecule has 3 nitrogen and oxygen atoms in total. The number of aryl methyl sites for hydroxylation is 1. The third-order valence-corrected chi connectivity index (χ3v) is 4.53. The zero-order valence-electron chi connectivity index (χ0n) is 9.51. The van der Waals surface area contributed by atoms with Crippen LogP contribution in [-0.4, -0.2) is 15.1 Å². The molecule has 18 heavy (non-hydrogen) atoms. The van der Waals surface area contributed by atoms with E-state index >= 15 is 0 Å². The molecule has 1 N–H and O–H groups in total. The van der Waals surface area contributed by atoms with Gasteiger partial charge in [0.15, 0.2) is 0 Å². The quantitative estimate of drug-likeness (QED) is 0.683. The Bertz CT molecular complexity index is 739. The number of fused-ring (bicyclic) bond motifs is 1. The van der Waals surface area contributed by atoms with Crippen molar-refractivity contribution in [1.29, 1.82) is 0 Å². The molecule has 0 saturated carbocycles. The predicted molar refractivity (Wildman–Crippen MR) is 74.3 cm³/mol. The summed E-state index contributed by atoms with van der Waals surface area (Å²) in [6.45, 7) is 1.98. The zero-order chi connectivity index (χ0) is 12.7. The van der Waals surface area contributed by atoms with Gasteiger partial charge in [0, 0.05) is 10.4 Å². The van der Waals surface area contributed by atoms with Gasteiger partial charge in [-0.3, -0.25) is 0 Å². The molecule has 0 fully saturated rings. The number of aromatic nitrogens is 2. The number of halogens is 1. The minimum atomic E-state index is 0.260. The van der Waals surface area contributed by atoms with Crippen molar-refractivity contribution in [3.05, 3.63) is 41.3 Å². The van der Waals surface area contributed by atoms with Gasteiger partial charge in [-0.2, -0.15) is 0 Å². The first kappa shape index (κ1) is 11.4. The Morgan fingerprint density at radius 3 is 2.72 bits per heavy atom. The molecule has 3 aromatic rings. The Morgan fingerprint density at radius 1 is 1.22 bits per heavy atom. The first-order valence-corrected chi connectivity index (χ1v) is 6.56. The number of nitrogens with zero attached hydrogens (tertiary/aromatic N) is 2. The van der Waals surface area contributed by atoms with Gasteiger partial charge in [0.2, 0.25) is 0 Å². The fraction of sp³-hybridized carbons (Fsp3) is 0.0769. The molecule has 0 aliphatic carbocycles. The highest BCUT2D eigenvalue weighted by Crippen LogP contribution is 2.42. The number of hydrogen-bond acceptors (Lipinski definition) is 4. The van der Waals surface area contributed by atoms with Crippen molar-refractivity contribution in [3.63, 3.8) is 0 Å². The number of hydrogen-bond donors (Lipinski definition) is 1. The van der Waals surface area contributed by atoms with Crippen LogP contribution in [0.5, 0.6) is 5.75 Å². The fourth-order valence-electron chi connectivity index (χ4n) is 1.92. The third kappa shape index (κ3) is 1.65. The Labute approximate surface area is 113 Å². The summed E-state index contributed by atoms with van der Waals surface area (Å²) in [7, 11) is 0. The maximum absolute atomic E-state index is 9.92. The molecule has 1 aromatic carbocycles. The summed E-state index contributed by atoms with van der Waals surface area (Å²) in [5, 5.41) is 10.4. The molecular weight excluding hydrogens is 268 g/mol. The van der Waals surface area contributed by atoms with Crippen LogP contribution >= 0.6 is 22.9 Å². The monoisotopic (exact) mass is 276 g/mol. The lowest BCUT2D eigenvalue weighted by atomic mass is 10.1. The van der Waals surface area contributed by atoms with Crippen LogP contribution in [0.4, 0.5) is 0 Å². The van der Waals surface area contributed by atoms with Crippen LogP contribution in [0.25, 0.3) is 20.7 Å². The topological polar surface area (TPSA) is 46.0 Å². The highest BCUT2D eigenvalue weighted by Gasteiger charge is 2.15. The Balaban J connectivity index is 2.35. The molecular formula is C13H9ClN2OS. The average Bonchev–Trinajstić information content (AvgIpc) is 2.70. The van der Waals surface area contributed by atoms with E-state index < -0.39 is 0 Å². The Hall–Kier alpha value is -1.65. The summed E-state index contributed by atoms with van der Waals surface area (Å²) in [4.78, 5) is 9.21. The molecule has 0 amide bonds. The van der Waals surface area contributed by atoms with Crippen LogP contribution in [0.1, 0.15) is 5.56 Å². The van der Waals surface area contributed by atoms with Gasteiger partial charge in [-0.25, -0.2) is 9.97 Å². The van der Waals surface area contributed by atoms with Gasteiger partial charge in [0.05, 0.1) is 10.2 Å². The number of aromatic hydroxyl groups is 1. The molecule has 2 heterocycles. The number of para-hydroxylation sites is 1. The van der Waals surface area contributed by atoms with E-state index in [1.807, 2.05) is 19.1 Å². The van der Waals surface area contributed by atoms with Crippen LogP contribution in [0.2, 0.25) is 5.15 Å². The van der Waals surface area contributed by atoms with Crippen molar-refractivity contribution in [2.75, 3.05) is 0 Å². The Kier molecular flexibility index (Phi) is 2.69. The van der Waals surface area contributed by atoms with Crippen LogP contribution in [-0.2, 0) is 0 Å². The lowest BCUT2D eigenvalue weighted by molar-refractivity contribution is 0.477. The molecule has 0 bridgehead atoms. The van der Waals surface area contributed by atoms with E-state index in [9.17, 15) is 5.11 Å². The molecule has 2 aromatic heterocycles. The summed E-state index contributed by atoms with van der Waals surface area (Å²) in [5.41, 5.74) is 2.66.